The van der Waals surface area contributed by atoms with E-state index in [-0.39, 0.29) is 30.6 Å². The van der Waals surface area contributed by atoms with Crippen LogP contribution in [0.3, 0.4) is 0 Å². The van der Waals surface area contributed by atoms with Gasteiger partial charge in [0, 0.05) is 13.1 Å². The van der Waals surface area contributed by atoms with Crippen LogP contribution in [0.15, 0.2) is 53.5 Å². The maximum absolute atomic E-state index is 12.6. The number of carbonyl (C=O) groups is 1. The van der Waals surface area contributed by atoms with Crippen LogP contribution in [0.1, 0.15) is 23.6 Å². The van der Waals surface area contributed by atoms with Crippen LogP contribution >= 0.6 is 24.0 Å². The Labute approximate surface area is 190 Å². The fourth-order valence-electron chi connectivity index (χ4n) is 2.40. The molecule has 0 saturated carbocycles. The smallest absolute Gasteiger partial charge is 0.416 e. The van der Waals surface area contributed by atoms with Gasteiger partial charge in [0.25, 0.3) is 5.91 Å². The number of aliphatic imine (C=N–C) groups is 1. The molecule has 164 valence electrons. The third kappa shape index (κ3) is 8.89. The summed E-state index contributed by atoms with van der Waals surface area (Å²) in [6.07, 6.45) is -4.35. The van der Waals surface area contributed by atoms with Crippen LogP contribution in [0.2, 0.25) is 0 Å². The highest BCUT2D eigenvalue weighted by molar-refractivity contribution is 14.0. The molecule has 1 amide bonds. The van der Waals surface area contributed by atoms with Crippen LogP contribution in [-0.4, -0.2) is 25.0 Å². The van der Waals surface area contributed by atoms with Gasteiger partial charge in [-0.25, -0.2) is 4.99 Å². The van der Waals surface area contributed by atoms with Crippen molar-refractivity contribution in [3.63, 3.8) is 0 Å². The molecular weight excluding hydrogens is 512 g/mol. The number of hydrogen-bond donors (Lipinski definition) is 3. The van der Waals surface area contributed by atoms with Crippen molar-refractivity contribution in [2.45, 2.75) is 26.2 Å². The van der Waals surface area contributed by atoms with Crippen LogP contribution in [0.4, 0.5) is 13.2 Å². The summed E-state index contributed by atoms with van der Waals surface area (Å²) in [6.45, 7) is 3.00. The fourth-order valence-corrected chi connectivity index (χ4v) is 2.40. The Morgan fingerprint density at radius 1 is 1.10 bits per heavy atom. The lowest BCUT2D eigenvalue weighted by atomic mass is 10.1. The van der Waals surface area contributed by atoms with E-state index in [1.54, 1.807) is 18.2 Å². The van der Waals surface area contributed by atoms with Gasteiger partial charge in [-0.1, -0.05) is 24.3 Å². The molecule has 0 saturated heterocycles. The summed E-state index contributed by atoms with van der Waals surface area (Å²) in [5.74, 6) is 0.477. The van der Waals surface area contributed by atoms with Crippen LogP contribution < -0.4 is 21.1 Å². The van der Waals surface area contributed by atoms with E-state index >= 15 is 0 Å². The summed E-state index contributed by atoms with van der Waals surface area (Å²) in [5, 5.41) is 6.17. The Morgan fingerprint density at radius 2 is 1.80 bits per heavy atom. The minimum Gasteiger partial charge on any atom is -0.484 e. The standard InChI is InChI=1S/C20H23F3N4O2.HI/c1-2-25-19(26-11-14-6-8-16(9-7-14)20(21,22)23)27-12-15-4-3-5-17(10-15)29-13-18(24)28;/h3-10H,2,11-13H2,1H3,(H2,24,28)(H2,25,26,27);1H. The topological polar surface area (TPSA) is 88.7 Å². The third-order valence-electron chi connectivity index (χ3n) is 3.78. The predicted octanol–water partition coefficient (Wildman–Crippen LogP) is 3.44. The first-order chi connectivity index (χ1) is 13.8. The Hall–Kier alpha value is -2.50. The Morgan fingerprint density at radius 3 is 2.40 bits per heavy atom. The molecule has 0 bridgehead atoms. The van der Waals surface area contributed by atoms with Crippen LogP contribution in [0.25, 0.3) is 0 Å². The molecule has 2 rings (SSSR count). The molecule has 10 heteroatoms. The molecule has 6 nitrogen and oxygen atoms in total. The highest BCUT2D eigenvalue weighted by atomic mass is 127. The Bertz CT molecular complexity index is 843. The van der Waals surface area contributed by atoms with E-state index in [4.69, 9.17) is 10.5 Å². The second-order valence-corrected chi connectivity index (χ2v) is 6.15. The van der Waals surface area contributed by atoms with Crippen molar-refractivity contribution in [3.8, 4) is 5.75 Å². The fraction of sp³-hybridized carbons (Fsp3) is 0.300. The van der Waals surface area contributed by atoms with E-state index in [9.17, 15) is 18.0 Å². The van der Waals surface area contributed by atoms with Gasteiger partial charge < -0.3 is 21.1 Å². The number of rotatable bonds is 8. The van der Waals surface area contributed by atoms with Gasteiger partial charge >= 0.3 is 6.18 Å². The first-order valence-electron chi connectivity index (χ1n) is 8.96. The number of nitrogens with one attached hydrogen (secondary N) is 2. The molecule has 0 spiro atoms. The van der Waals surface area contributed by atoms with E-state index in [0.29, 0.717) is 36.9 Å². The number of guanidine groups is 1. The number of nitrogens with zero attached hydrogens (tertiary/aromatic N) is 1. The van der Waals surface area contributed by atoms with Gasteiger partial charge in [-0.2, -0.15) is 13.2 Å². The minimum absolute atomic E-state index is 0. The molecular formula is C20H24F3IN4O2. The monoisotopic (exact) mass is 536 g/mol. The summed E-state index contributed by atoms with van der Waals surface area (Å²) in [7, 11) is 0. The van der Waals surface area contributed by atoms with Crippen molar-refractivity contribution in [1.82, 2.24) is 10.6 Å². The van der Waals surface area contributed by atoms with Gasteiger partial charge in [-0.05, 0) is 42.3 Å². The molecule has 0 radical (unpaired) electrons. The summed E-state index contributed by atoms with van der Waals surface area (Å²) >= 11 is 0. The third-order valence-corrected chi connectivity index (χ3v) is 3.78. The minimum atomic E-state index is -4.35. The van der Waals surface area contributed by atoms with E-state index in [0.717, 1.165) is 17.7 Å². The van der Waals surface area contributed by atoms with Gasteiger partial charge in [0.15, 0.2) is 12.6 Å². The van der Waals surface area contributed by atoms with Crippen molar-refractivity contribution < 1.29 is 22.7 Å². The zero-order valence-corrected chi connectivity index (χ0v) is 18.7. The van der Waals surface area contributed by atoms with Crippen LogP contribution in [0.5, 0.6) is 5.75 Å². The van der Waals surface area contributed by atoms with Gasteiger partial charge in [0.05, 0.1) is 12.1 Å². The molecule has 0 aliphatic carbocycles. The van der Waals surface area contributed by atoms with Crippen molar-refractivity contribution in [3.05, 3.63) is 65.2 Å². The molecule has 0 aromatic heterocycles. The normalized spacial score (nSPS) is 11.4. The number of benzene rings is 2. The number of amides is 1. The van der Waals surface area contributed by atoms with Crippen molar-refractivity contribution >= 4 is 35.8 Å². The molecule has 4 N–H and O–H groups in total. The number of halogens is 4. The number of carbonyl (C=O) groups excluding carboxylic acids is 1. The lowest BCUT2D eigenvalue weighted by molar-refractivity contribution is -0.137. The number of hydrogen-bond acceptors (Lipinski definition) is 3. The average Bonchev–Trinajstić information content (AvgIpc) is 2.68. The lowest BCUT2D eigenvalue weighted by Gasteiger charge is -2.12. The van der Waals surface area contributed by atoms with Gasteiger partial charge in [0.1, 0.15) is 5.75 Å². The number of primary amides is 1. The molecule has 0 atom stereocenters. The Balaban J connectivity index is 0.00000450. The van der Waals surface area contributed by atoms with Crippen molar-refractivity contribution in [2.24, 2.45) is 10.7 Å². The molecule has 2 aromatic rings. The van der Waals surface area contributed by atoms with Crippen molar-refractivity contribution in [1.29, 1.82) is 0 Å². The number of alkyl halides is 3. The van der Waals surface area contributed by atoms with E-state index < -0.39 is 17.6 Å². The lowest BCUT2D eigenvalue weighted by Crippen LogP contribution is -2.36. The summed E-state index contributed by atoms with van der Waals surface area (Å²) < 4.78 is 43.2. The largest absolute Gasteiger partial charge is 0.484 e. The van der Waals surface area contributed by atoms with Crippen LogP contribution in [-0.2, 0) is 24.1 Å². The molecule has 0 unspecified atom stereocenters. The zero-order chi connectivity index (χ0) is 21.3. The maximum atomic E-state index is 12.6. The van der Waals surface area contributed by atoms with Crippen LogP contribution in [0, 0.1) is 0 Å². The molecule has 0 aliphatic rings. The molecule has 2 aromatic carbocycles. The SMILES string of the molecule is CCNC(=NCc1cccc(OCC(N)=O)c1)NCc1ccc(C(F)(F)F)cc1.I. The summed E-state index contributed by atoms with van der Waals surface area (Å²) in [5.41, 5.74) is 5.94. The highest BCUT2D eigenvalue weighted by Crippen LogP contribution is 2.29. The molecule has 0 fully saturated rings. The van der Waals surface area contributed by atoms with E-state index in [1.807, 2.05) is 13.0 Å². The maximum Gasteiger partial charge on any atom is 0.416 e. The summed E-state index contributed by atoms with van der Waals surface area (Å²) in [6, 6.07) is 12.1. The van der Waals surface area contributed by atoms with Gasteiger partial charge in [0.2, 0.25) is 0 Å². The summed E-state index contributed by atoms with van der Waals surface area (Å²) in [4.78, 5) is 15.3. The van der Waals surface area contributed by atoms with E-state index in [1.165, 1.54) is 12.1 Å². The second kappa shape index (κ2) is 12.3. The number of ether oxygens (including phenoxy) is 1. The average molecular weight is 536 g/mol. The highest BCUT2D eigenvalue weighted by Gasteiger charge is 2.29. The van der Waals surface area contributed by atoms with Gasteiger partial charge in [-0.3, -0.25) is 4.79 Å². The number of nitrogens with two attached hydrogens (primary N) is 1. The quantitative estimate of drug-likeness (QED) is 0.274. The second-order valence-electron chi connectivity index (χ2n) is 6.15. The first kappa shape index (κ1) is 25.5. The Kier molecular flexibility index (Phi) is 10.4. The molecule has 0 heterocycles. The molecule has 30 heavy (non-hydrogen) atoms. The first-order valence-corrected chi connectivity index (χ1v) is 8.96. The molecule has 0 aliphatic heterocycles. The van der Waals surface area contributed by atoms with Crippen molar-refractivity contribution in [2.75, 3.05) is 13.2 Å². The zero-order valence-electron chi connectivity index (χ0n) is 16.3. The predicted molar refractivity (Wildman–Crippen MR) is 120 cm³/mol. The van der Waals surface area contributed by atoms with E-state index in [2.05, 4.69) is 15.6 Å². The van der Waals surface area contributed by atoms with Gasteiger partial charge in [-0.15, -0.1) is 24.0 Å².